The molecule has 0 saturated heterocycles. The molecule has 2 aromatic heterocycles. The van der Waals surface area contributed by atoms with E-state index in [2.05, 4.69) is 45.4 Å². The van der Waals surface area contributed by atoms with Gasteiger partial charge in [0.25, 0.3) is 0 Å². The van der Waals surface area contributed by atoms with Gasteiger partial charge >= 0.3 is 0 Å². The second-order valence-electron chi connectivity index (χ2n) is 4.91. The van der Waals surface area contributed by atoms with Crippen LogP contribution in [-0.4, -0.2) is 14.3 Å². The van der Waals surface area contributed by atoms with E-state index in [0.29, 0.717) is 0 Å². The quantitative estimate of drug-likeness (QED) is 0.787. The van der Waals surface area contributed by atoms with E-state index in [4.69, 9.17) is 0 Å². The summed E-state index contributed by atoms with van der Waals surface area (Å²) in [7, 11) is 1.95. The van der Waals surface area contributed by atoms with Gasteiger partial charge in [0, 0.05) is 49.1 Å². The maximum absolute atomic E-state index is 4.35. The fraction of sp³-hybridized carbons (Fsp3) is 0.188. The third kappa shape index (κ3) is 2.59. The molecule has 3 rings (SSSR count). The Kier molecular flexibility index (Phi) is 3.29. The third-order valence-corrected chi connectivity index (χ3v) is 3.35. The van der Waals surface area contributed by atoms with Crippen LogP contribution < -0.4 is 5.32 Å². The first-order valence-corrected chi connectivity index (χ1v) is 6.69. The average molecular weight is 266 g/mol. The highest BCUT2D eigenvalue weighted by molar-refractivity contribution is 5.51. The van der Waals surface area contributed by atoms with Crippen molar-refractivity contribution in [3.05, 3.63) is 66.2 Å². The predicted molar refractivity (Wildman–Crippen MR) is 81.0 cm³/mol. The average Bonchev–Trinajstić information content (AvgIpc) is 3.07. The normalized spacial score (nSPS) is 10.7. The van der Waals surface area contributed by atoms with Crippen LogP contribution >= 0.6 is 0 Å². The molecule has 102 valence electrons. The van der Waals surface area contributed by atoms with Crippen LogP contribution in [-0.2, 0) is 13.6 Å². The Morgan fingerprint density at radius 3 is 2.65 bits per heavy atom. The van der Waals surface area contributed by atoms with Gasteiger partial charge in [-0.2, -0.15) is 5.10 Å². The van der Waals surface area contributed by atoms with E-state index in [-0.39, 0.29) is 0 Å². The summed E-state index contributed by atoms with van der Waals surface area (Å²) in [6, 6.07) is 12.4. The molecule has 0 radical (unpaired) electrons. The molecule has 4 heteroatoms. The van der Waals surface area contributed by atoms with E-state index in [0.717, 1.165) is 23.6 Å². The van der Waals surface area contributed by atoms with Crippen LogP contribution in [0.25, 0.3) is 5.69 Å². The Morgan fingerprint density at radius 1 is 1.15 bits per heavy atom. The van der Waals surface area contributed by atoms with Gasteiger partial charge in [0.15, 0.2) is 0 Å². The summed E-state index contributed by atoms with van der Waals surface area (Å²) in [6.45, 7) is 2.82. The van der Waals surface area contributed by atoms with Crippen molar-refractivity contribution in [3.63, 3.8) is 0 Å². The summed E-state index contributed by atoms with van der Waals surface area (Å²) in [4.78, 5) is 0. The lowest BCUT2D eigenvalue weighted by Crippen LogP contribution is -2.00. The van der Waals surface area contributed by atoms with Crippen LogP contribution in [0, 0.1) is 6.92 Å². The molecule has 0 aliphatic carbocycles. The van der Waals surface area contributed by atoms with Gasteiger partial charge in [-0.1, -0.05) is 6.07 Å². The van der Waals surface area contributed by atoms with Crippen LogP contribution in [0.4, 0.5) is 5.69 Å². The Morgan fingerprint density at radius 2 is 1.95 bits per heavy atom. The van der Waals surface area contributed by atoms with Crippen molar-refractivity contribution in [3.8, 4) is 5.69 Å². The second kappa shape index (κ2) is 5.25. The van der Waals surface area contributed by atoms with Gasteiger partial charge in [-0.3, -0.25) is 4.68 Å². The number of benzene rings is 1. The van der Waals surface area contributed by atoms with Gasteiger partial charge in [0.1, 0.15) is 0 Å². The molecular formula is C16H18N4. The molecule has 4 nitrogen and oxygen atoms in total. The molecular weight excluding hydrogens is 248 g/mol. The molecule has 1 aromatic carbocycles. The minimum absolute atomic E-state index is 0.787. The summed E-state index contributed by atoms with van der Waals surface area (Å²) in [5.74, 6) is 0. The molecule has 1 N–H and O–H groups in total. The molecule has 0 aliphatic rings. The van der Waals surface area contributed by atoms with E-state index in [1.54, 1.807) is 0 Å². The SMILES string of the molecule is Cc1nn(C)cc1CNc1cccc(-n2cccc2)c1. The van der Waals surface area contributed by atoms with Gasteiger partial charge < -0.3 is 9.88 Å². The zero-order chi connectivity index (χ0) is 13.9. The summed E-state index contributed by atoms with van der Waals surface area (Å²) < 4.78 is 3.95. The Balaban J connectivity index is 1.75. The highest BCUT2D eigenvalue weighted by Crippen LogP contribution is 2.16. The number of rotatable bonds is 4. The van der Waals surface area contributed by atoms with Gasteiger partial charge in [-0.05, 0) is 37.3 Å². The first-order chi connectivity index (χ1) is 9.72. The zero-order valence-electron chi connectivity index (χ0n) is 11.7. The Bertz CT molecular complexity index is 695. The summed E-state index contributed by atoms with van der Waals surface area (Å²) in [5.41, 5.74) is 4.56. The highest BCUT2D eigenvalue weighted by atomic mass is 15.2. The molecule has 0 atom stereocenters. The van der Waals surface area contributed by atoms with Crippen molar-refractivity contribution in [1.29, 1.82) is 0 Å². The Labute approximate surface area is 118 Å². The minimum Gasteiger partial charge on any atom is -0.381 e. The van der Waals surface area contributed by atoms with Crippen LogP contribution in [0.2, 0.25) is 0 Å². The smallest absolute Gasteiger partial charge is 0.0643 e. The van der Waals surface area contributed by atoms with Crippen molar-refractivity contribution >= 4 is 5.69 Å². The van der Waals surface area contributed by atoms with Crippen molar-refractivity contribution < 1.29 is 0 Å². The molecule has 3 aromatic rings. The van der Waals surface area contributed by atoms with E-state index in [9.17, 15) is 0 Å². The first-order valence-electron chi connectivity index (χ1n) is 6.69. The second-order valence-corrected chi connectivity index (χ2v) is 4.91. The number of nitrogens with zero attached hydrogens (tertiary/aromatic N) is 3. The lowest BCUT2D eigenvalue weighted by Gasteiger charge is -2.08. The number of aromatic nitrogens is 3. The molecule has 0 saturated carbocycles. The Hall–Kier alpha value is -2.49. The maximum Gasteiger partial charge on any atom is 0.0643 e. The van der Waals surface area contributed by atoms with E-state index < -0.39 is 0 Å². The van der Waals surface area contributed by atoms with E-state index >= 15 is 0 Å². The van der Waals surface area contributed by atoms with Crippen molar-refractivity contribution in [1.82, 2.24) is 14.3 Å². The standard InChI is InChI=1S/C16H18N4/c1-13-14(12-19(2)18-13)11-17-15-6-5-7-16(10-15)20-8-3-4-9-20/h3-10,12,17H,11H2,1-2H3. The molecule has 0 bridgehead atoms. The molecule has 20 heavy (non-hydrogen) atoms. The summed E-state index contributed by atoms with van der Waals surface area (Å²) in [6.07, 6.45) is 6.15. The maximum atomic E-state index is 4.35. The van der Waals surface area contributed by atoms with Crippen LogP contribution in [0.3, 0.4) is 0 Å². The van der Waals surface area contributed by atoms with Gasteiger partial charge in [0.05, 0.1) is 5.69 Å². The van der Waals surface area contributed by atoms with Crippen LogP contribution in [0.1, 0.15) is 11.3 Å². The number of hydrogen-bond donors (Lipinski definition) is 1. The fourth-order valence-electron chi connectivity index (χ4n) is 2.30. The van der Waals surface area contributed by atoms with Gasteiger partial charge in [0.2, 0.25) is 0 Å². The topological polar surface area (TPSA) is 34.8 Å². The van der Waals surface area contributed by atoms with E-state index in [1.165, 1.54) is 5.56 Å². The van der Waals surface area contributed by atoms with E-state index in [1.807, 2.05) is 43.2 Å². The monoisotopic (exact) mass is 266 g/mol. The van der Waals surface area contributed by atoms with Gasteiger partial charge in [-0.25, -0.2) is 0 Å². The van der Waals surface area contributed by atoms with Crippen molar-refractivity contribution in [2.45, 2.75) is 13.5 Å². The number of hydrogen-bond acceptors (Lipinski definition) is 2. The lowest BCUT2D eigenvalue weighted by atomic mass is 10.2. The molecule has 0 unspecified atom stereocenters. The third-order valence-electron chi connectivity index (χ3n) is 3.35. The number of aryl methyl sites for hydroxylation is 2. The largest absolute Gasteiger partial charge is 0.381 e. The molecule has 2 heterocycles. The zero-order valence-corrected chi connectivity index (χ0v) is 11.7. The summed E-state index contributed by atoms with van der Waals surface area (Å²) >= 11 is 0. The molecule has 0 amide bonds. The van der Waals surface area contributed by atoms with Crippen LogP contribution in [0.5, 0.6) is 0 Å². The summed E-state index contributed by atoms with van der Waals surface area (Å²) in [5, 5.41) is 7.80. The van der Waals surface area contributed by atoms with Crippen LogP contribution in [0.15, 0.2) is 55.0 Å². The lowest BCUT2D eigenvalue weighted by molar-refractivity contribution is 0.756. The molecule has 0 aliphatic heterocycles. The van der Waals surface area contributed by atoms with Crippen molar-refractivity contribution in [2.75, 3.05) is 5.32 Å². The number of nitrogens with one attached hydrogen (secondary N) is 1. The molecule has 0 fully saturated rings. The first kappa shape index (κ1) is 12.5. The van der Waals surface area contributed by atoms with Crippen molar-refractivity contribution in [2.24, 2.45) is 7.05 Å². The van der Waals surface area contributed by atoms with Gasteiger partial charge in [-0.15, -0.1) is 0 Å². The fourth-order valence-corrected chi connectivity index (χ4v) is 2.30. The number of anilines is 1. The minimum atomic E-state index is 0.787. The molecule has 0 spiro atoms. The predicted octanol–water partition coefficient (Wildman–Crippen LogP) is 3.13. The highest BCUT2D eigenvalue weighted by Gasteiger charge is 2.03.